The molecule has 1 heterocycles. The Morgan fingerprint density at radius 1 is 1.33 bits per heavy atom. The molecule has 0 atom stereocenters. The monoisotopic (exact) mass is 165 g/mol. The Bertz CT molecular complexity index is 226. The number of carbonyl (C=O) groups excluding carboxylic acids is 1. The molecule has 0 aliphatic heterocycles. The minimum Gasteiger partial charge on any atom is -0.354 e. The lowest BCUT2D eigenvalue weighted by molar-refractivity contribution is -0.118. The summed E-state index contributed by atoms with van der Waals surface area (Å²) in [5.41, 5.74) is 0. The molecule has 0 fully saturated rings. The lowest BCUT2D eigenvalue weighted by atomic mass is 10.2. The number of hydrogen-bond acceptors (Lipinski definition) is 1. The summed E-state index contributed by atoms with van der Waals surface area (Å²) in [4.78, 5) is 10.9. The standard InChI is InChI=1S/C10H15NO/c1-2-10(12)6-5-9-11-7-3-4-8-11/h3-4,7-8H,2,5-6,9H2,1H3. The number of aromatic nitrogens is 1. The van der Waals surface area contributed by atoms with Crippen LogP contribution >= 0.6 is 0 Å². The molecule has 0 N–H and O–H groups in total. The van der Waals surface area contributed by atoms with Crippen LogP contribution in [0, 0.1) is 0 Å². The number of ketones is 1. The fourth-order valence-corrected chi connectivity index (χ4v) is 1.15. The summed E-state index contributed by atoms with van der Waals surface area (Å²) in [7, 11) is 0. The van der Waals surface area contributed by atoms with Crippen molar-refractivity contribution in [2.24, 2.45) is 0 Å². The van der Waals surface area contributed by atoms with Gasteiger partial charge in [0, 0.05) is 31.8 Å². The zero-order chi connectivity index (χ0) is 8.81. The van der Waals surface area contributed by atoms with E-state index in [0.717, 1.165) is 13.0 Å². The normalized spacial score (nSPS) is 10.1. The van der Waals surface area contributed by atoms with Crippen molar-refractivity contribution in [1.29, 1.82) is 0 Å². The number of aryl methyl sites for hydroxylation is 1. The Balaban J connectivity index is 2.15. The third-order valence-electron chi connectivity index (χ3n) is 1.93. The van der Waals surface area contributed by atoms with E-state index in [2.05, 4.69) is 4.57 Å². The second-order valence-corrected chi connectivity index (χ2v) is 2.92. The van der Waals surface area contributed by atoms with Crippen molar-refractivity contribution in [2.75, 3.05) is 0 Å². The van der Waals surface area contributed by atoms with Gasteiger partial charge in [-0.15, -0.1) is 0 Å². The summed E-state index contributed by atoms with van der Waals surface area (Å²) >= 11 is 0. The van der Waals surface area contributed by atoms with Gasteiger partial charge in [0.15, 0.2) is 0 Å². The highest BCUT2D eigenvalue weighted by Crippen LogP contribution is 1.99. The Morgan fingerprint density at radius 2 is 2.00 bits per heavy atom. The molecule has 0 saturated heterocycles. The summed E-state index contributed by atoms with van der Waals surface area (Å²) in [5, 5.41) is 0. The average Bonchev–Trinajstić information content (AvgIpc) is 2.57. The van der Waals surface area contributed by atoms with Gasteiger partial charge in [0.05, 0.1) is 0 Å². The van der Waals surface area contributed by atoms with Crippen LogP contribution in [0.2, 0.25) is 0 Å². The maximum atomic E-state index is 10.9. The molecule has 0 radical (unpaired) electrons. The Labute approximate surface area is 73.2 Å². The highest BCUT2D eigenvalue weighted by Gasteiger charge is 1.97. The van der Waals surface area contributed by atoms with Crippen molar-refractivity contribution in [3.05, 3.63) is 24.5 Å². The molecule has 1 rings (SSSR count). The molecular formula is C10H15NO. The van der Waals surface area contributed by atoms with E-state index in [1.165, 1.54) is 0 Å². The van der Waals surface area contributed by atoms with E-state index in [-0.39, 0.29) is 0 Å². The first-order valence-corrected chi connectivity index (χ1v) is 4.45. The largest absolute Gasteiger partial charge is 0.354 e. The second-order valence-electron chi connectivity index (χ2n) is 2.92. The predicted octanol–water partition coefficient (Wildman–Crippen LogP) is 2.25. The SMILES string of the molecule is CCC(=O)CCCn1cccc1. The molecule has 0 bridgehead atoms. The van der Waals surface area contributed by atoms with Gasteiger partial charge in [0.2, 0.25) is 0 Å². The molecule has 0 saturated carbocycles. The van der Waals surface area contributed by atoms with E-state index in [4.69, 9.17) is 0 Å². The van der Waals surface area contributed by atoms with Crippen LogP contribution in [0.1, 0.15) is 26.2 Å². The molecule has 2 heteroatoms. The summed E-state index contributed by atoms with van der Waals surface area (Å²) in [6, 6.07) is 4.00. The van der Waals surface area contributed by atoms with Crippen molar-refractivity contribution in [3.8, 4) is 0 Å². The van der Waals surface area contributed by atoms with Crippen molar-refractivity contribution in [3.63, 3.8) is 0 Å². The molecule has 0 unspecified atom stereocenters. The number of hydrogen-bond donors (Lipinski definition) is 0. The molecule has 1 aromatic rings. The first kappa shape index (κ1) is 9.04. The lowest BCUT2D eigenvalue weighted by Gasteiger charge is -2.00. The fourth-order valence-electron chi connectivity index (χ4n) is 1.15. The molecular weight excluding hydrogens is 150 g/mol. The molecule has 0 aliphatic rings. The summed E-state index contributed by atoms with van der Waals surface area (Å²) in [6.45, 7) is 2.87. The molecule has 0 spiro atoms. The summed E-state index contributed by atoms with van der Waals surface area (Å²) in [5.74, 6) is 0.363. The molecule has 0 amide bonds. The third-order valence-corrected chi connectivity index (χ3v) is 1.93. The predicted molar refractivity (Wildman–Crippen MR) is 49.0 cm³/mol. The Hall–Kier alpha value is -1.05. The Morgan fingerprint density at radius 3 is 2.58 bits per heavy atom. The van der Waals surface area contributed by atoms with E-state index in [1.807, 2.05) is 31.5 Å². The van der Waals surface area contributed by atoms with Crippen molar-refractivity contribution in [1.82, 2.24) is 4.57 Å². The molecule has 66 valence electrons. The van der Waals surface area contributed by atoms with Crippen LogP contribution in [0.3, 0.4) is 0 Å². The Kier molecular flexibility index (Phi) is 3.58. The van der Waals surface area contributed by atoms with Crippen molar-refractivity contribution < 1.29 is 4.79 Å². The van der Waals surface area contributed by atoms with E-state index in [1.54, 1.807) is 0 Å². The number of Topliss-reactive ketones (excluding diaryl/α,β-unsaturated/α-hetero) is 1. The molecule has 12 heavy (non-hydrogen) atoms. The van der Waals surface area contributed by atoms with Gasteiger partial charge >= 0.3 is 0 Å². The minimum absolute atomic E-state index is 0.363. The molecule has 2 nitrogen and oxygen atoms in total. The van der Waals surface area contributed by atoms with Crippen LogP contribution in [0.5, 0.6) is 0 Å². The number of carbonyl (C=O) groups is 1. The highest BCUT2D eigenvalue weighted by atomic mass is 16.1. The van der Waals surface area contributed by atoms with Gasteiger partial charge in [0.1, 0.15) is 5.78 Å². The zero-order valence-electron chi connectivity index (χ0n) is 7.49. The van der Waals surface area contributed by atoms with Gasteiger partial charge < -0.3 is 4.57 Å². The van der Waals surface area contributed by atoms with E-state index >= 15 is 0 Å². The van der Waals surface area contributed by atoms with Gasteiger partial charge in [-0.2, -0.15) is 0 Å². The van der Waals surface area contributed by atoms with Crippen LogP contribution in [0.4, 0.5) is 0 Å². The van der Waals surface area contributed by atoms with Gasteiger partial charge in [-0.25, -0.2) is 0 Å². The average molecular weight is 165 g/mol. The quantitative estimate of drug-likeness (QED) is 0.656. The van der Waals surface area contributed by atoms with Gasteiger partial charge in [-0.3, -0.25) is 4.79 Å². The fraction of sp³-hybridized carbons (Fsp3) is 0.500. The smallest absolute Gasteiger partial charge is 0.132 e. The topological polar surface area (TPSA) is 22.0 Å². The van der Waals surface area contributed by atoms with Crippen molar-refractivity contribution >= 4 is 5.78 Å². The minimum atomic E-state index is 0.363. The van der Waals surface area contributed by atoms with Gasteiger partial charge in [0.25, 0.3) is 0 Å². The molecule has 0 aliphatic carbocycles. The highest BCUT2D eigenvalue weighted by molar-refractivity contribution is 5.77. The maximum absolute atomic E-state index is 10.9. The van der Waals surface area contributed by atoms with Gasteiger partial charge in [-0.1, -0.05) is 6.92 Å². The maximum Gasteiger partial charge on any atom is 0.132 e. The zero-order valence-corrected chi connectivity index (χ0v) is 7.49. The van der Waals surface area contributed by atoms with Crippen molar-refractivity contribution in [2.45, 2.75) is 32.7 Å². The number of nitrogens with zero attached hydrogens (tertiary/aromatic N) is 1. The lowest BCUT2D eigenvalue weighted by Crippen LogP contribution is -1.99. The van der Waals surface area contributed by atoms with Crippen LogP contribution in [-0.4, -0.2) is 10.4 Å². The van der Waals surface area contributed by atoms with E-state index in [0.29, 0.717) is 18.6 Å². The first-order chi connectivity index (χ1) is 5.83. The molecule has 0 aromatic carbocycles. The van der Waals surface area contributed by atoms with Crippen LogP contribution in [-0.2, 0) is 11.3 Å². The number of rotatable bonds is 5. The van der Waals surface area contributed by atoms with E-state index < -0.39 is 0 Å². The third kappa shape index (κ3) is 2.91. The van der Waals surface area contributed by atoms with Gasteiger partial charge in [-0.05, 0) is 18.6 Å². The summed E-state index contributed by atoms with van der Waals surface area (Å²) in [6.07, 6.45) is 6.40. The summed E-state index contributed by atoms with van der Waals surface area (Å²) < 4.78 is 2.10. The second kappa shape index (κ2) is 4.75. The van der Waals surface area contributed by atoms with Crippen LogP contribution < -0.4 is 0 Å². The van der Waals surface area contributed by atoms with Crippen LogP contribution in [0.25, 0.3) is 0 Å². The van der Waals surface area contributed by atoms with Crippen LogP contribution in [0.15, 0.2) is 24.5 Å². The first-order valence-electron chi connectivity index (χ1n) is 4.45. The van der Waals surface area contributed by atoms with E-state index in [9.17, 15) is 4.79 Å². The molecule has 1 aromatic heterocycles.